The van der Waals surface area contributed by atoms with Crippen LogP contribution >= 0.6 is 27.5 Å². The highest BCUT2D eigenvalue weighted by atomic mass is 79.9. The molecule has 1 N–H and O–H groups in total. The van der Waals surface area contributed by atoms with Crippen molar-refractivity contribution < 1.29 is 9.72 Å². The number of nitro groups is 1. The molecule has 1 amide bonds. The summed E-state index contributed by atoms with van der Waals surface area (Å²) in [5.74, 6) is -0.841. The lowest BCUT2D eigenvalue weighted by molar-refractivity contribution is -0.389. The van der Waals surface area contributed by atoms with Gasteiger partial charge in [0, 0.05) is 4.47 Å². The van der Waals surface area contributed by atoms with Crippen LogP contribution in [0.15, 0.2) is 34.9 Å². The second-order valence-electron chi connectivity index (χ2n) is 3.78. The Hall–Kier alpha value is -1.93. The number of nitrogens with zero attached hydrogens (tertiary/aromatic N) is 3. The summed E-state index contributed by atoms with van der Waals surface area (Å²) in [5, 5.41) is 16.8. The number of benzene rings is 1. The number of anilines is 1. The quantitative estimate of drug-likeness (QED) is 0.671. The third-order valence-corrected chi connectivity index (χ3v) is 3.28. The molecule has 0 spiro atoms. The third-order valence-electron chi connectivity index (χ3n) is 2.33. The molecule has 0 radical (unpaired) electrons. The van der Waals surface area contributed by atoms with E-state index in [1.165, 1.54) is 6.20 Å². The Morgan fingerprint density at radius 3 is 2.80 bits per heavy atom. The first-order valence-electron chi connectivity index (χ1n) is 5.39. The number of carbonyl (C=O) groups is 1. The number of halogens is 2. The molecule has 0 saturated carbocycles. The molecule has 20 heavy (non-hydrogen) atoms. The second-order valence-corrected chi connectivity index (χ2v) is 5.04. The maximum atomic E-state index is 11.8. The molecule has 0 aliphatic carbocycles. The average Bonchev–Trinajstić information content (AvgIpc) is 2.73. The Morgan fingerprint density at radius 2 is 2.20 bits per heavy atom. The summed E-state index contributed by atoms with van der Waals surface area (Å²) in [7, 11) is 0. The van der Waals surface area contributed by atoms with Crippen LogP contribution in [0.25, 0.3) is 0 Å². The molecule has 0 fully saturated rings. The van der Waals surface area contributed by atoms with Crippen molar-refractivity contribution in [3.8, 4) is 0 Å². The molecule has 2 aromatic rings. The van der Waals surface area contributed by atoms with Crippen molar-refractivity contribution in [1.29, 1.82) is 0 Å². The lowest BCUT2D eigenvalue weighted by Crippen LogP contribution is -2.19. The minimum Gasteiger partial charge on any atom is -0.358 e. The number of amides is 1. The molecule has 0 unspecified atom stereocenters. The summed E-state index contributed by atoms with van der Waals surface area (Å²) in [6, 6.07) is 7.10. The molecular weight excluding hydrogens is 352 g/mol. The standard InChI is InChI=1S/C11H8BrClN4O3/c12-7-3-1-2-4-9(7)14-10(18)6-16-5-8(13)11(15-16)17(19)20/h1-5H,6H2,(H,14,18). The molecular formula is C11H8BrClN4O3. The van der Waals surface area contributed by atoms with Crippen molar-refractivity contribution in [2.75, 3.05) is 5.32 Å². The van der Waals surface area contributed by atoms with E-state index in [1.807, 2.05) is 6.07 Å². The molecule has 1 heterocycles. The van der Waals surface area contributed by atoms with E-state index in [0.717, 1.165) is 9.15 Å². The predicted molar refractivity (Wildman–Crippen MR) is 76.7 cm³/mol. The number of aromatic nitrogens is 2. The fourth-order valence-corrected chi connectivity index (χ4v) is 2.09. The van der Waals surface area contributed by atoms with Gasteiger partial charge in [-0.15, -0.1) is 0 Å². The zero-order valence-corrected chi connectivity index (χ0v) is 12.3. The van der Waals surface area contributed by atoms with Gasteiger partial charge in [0.15, 0.2) is 5.02 Å². The van der Waals surface area contributed by atoms with E-state index >= 15 is 0 Å². The van der Waals surface area contributed by atoms with Gasteiger partial charge in [-0.25, -0.2) is 0 Å². The summed E-state index contributed by atoms with van der Waals surface area (Å²) < 4.78 is 1.85. The van der Waals surface area contributed by atoms with E-state index < -0.39 is 10.7 Å². The minimum absolute atomic E-state index is 0.108. The predicted octanol–water partition coefficient (Wildman–Crippen LogP) is 2.85. The van der Waals surface area contributed by atoms with Crippen LogP contribution in [0, 0.1) is 10.1 Å². The van der Waals surface area contributed by atoms with Crippen LogP contribution in [0.4, 0.5) is 11.5 Å². The van der Waals surface area contributed by atoms with Gasteiger partial charge in [-0.2, -0.15) is 4.68 Å². The molecule has 0 atom stereocenters. The van der Waals surface area contributed by atoms with Crippen molar-refractivity contribution in [3.05, 3.63) is 50.1 Å². The number of hydrogen-bond acceptors (Lipinski definition) is 4. The van der Waals surface area contributed by atoms with E-state index in [4.69, 9.17) is 11.6 Å². The maximum Gasteiger partial charge on any atom is 0.408 e. The number of hydrogen-bond donors (Lipinski definition) is 1. The summed E-state index contributed by atoms with van der Waals surface area (Å²) in [6.07, 6.45) is 1.24. The second kappa shape index (κ2) is 6.02. The van der Waals surface area contributed by atoms with Crippen LogP contribution in [-0.4, -0.2) is 20.6 Å². The van der Waals surface area contributed by atoms with Crippen LogP contribution < -0.4 is 5.32 Å². The molecule has 9 heteroatoms. The maximum absolute atomic E-state index is 11.8. The van der Waals surface area contributed by atoms with Gasteiger partial charge in [-0.1, -0.05) is 23.7 Å². The Balaban J connectivity index is 2.07. The van der Waals surface area contributed by atoms with Gasteiger partial charge in [0.2, 0.25) is 5.91 Å². The molecule has 1 aromatic carbocycles. The normalized spacial score (nSPS) is 10.3. The van der Waals surface area contributed by atoms with Gasteiger partial charge in [-0.05, 0) is 33.0 Å². The highest BCUT2D eigenvalue weighted by Crippen LogP contribution is 2.22. The molecule has 0 bridgehead atoms. The first-order chi connectivity index (χ1) is 9.47. The molecule has 1 aromatic heterocycles. The highest BCUT2D eigenvalue weighted by molar-refractivity contribution is 9.10. The molecule has 0 aliphatic rings. The number of carbonyl (C=O) groups excluding carboxylic acids is 1. The van der Waals surface area contributed by atoms with Crippen molar-refractivity contribution in [2.45, 2.75) is 6.54 Å². The number of rotatable bonds is 4. The monoisotopic (exact) mass is 358 g/mol. The first kappa shape index (κ1) is 14.5. The van der Waals surface area contributed by atoms with E-state index in [0.29, 0.717) is 5.69 Å². The highest BCUT2D eigenvalue weighted by Gasteiger charge is 2.20. The smallest absolute Gasteiger partial charge is 0.358 e. The third kappa shape index (κ3) is 3.34. The van der Waals surface area contributed by atoms with Gasteiger partial charge >= 0.3 is 5.82 Å². The summed E-state index contributed by atoms with van der Waals surface area (Å²) in [6.45, 7) is -0.172. The Morgan fingerprint density at radius 1 is 1.50 bits per heavy atom. The van der Waals surface area contributed by atoms with Gasteiger partial charge < -0.3 is 15.4 Å². The Bertz CT molecular complexity index is 673. The van der Waals surface area contributed by atoms with Crippen LogP contribution in [0.3, 0.4) is 0 Å². The van der Waals surface area contributed by atoms with Gasteiger partial charge in [0.05, 0.1) is 17.0 Å². The Kier molecular flexibility index (Phi) is 4.35. The molecule has 7 nitrogen and oxygen atoms in total. The van der Waals surface area contributed by atoms with E-state index in [9.17, 15) is 14.9 Å². The van der Waals surface area contributed by atoms with Gasteiger partial charge in [-0.3, -0.25) is 4.79 Å². The van der Waals surface area contributed by atoms with Gasteiger partial charge in [0.25, 0.3) is 0 Å². The topological polar surface area (TPSA) is 90.1 Å². The van der Waals surface area contributed by atoms with Crippen LogP contribution in [-0.2, 0) is 11.3 Å². The molecule has 0 saturated heterocycles. The SMILES string of the molecule is O=C(Cn1cc(Cl)c([N+](=O)[O-])n1)Nc1ccccc1Br. The summed E-state index contributed by atoms with van der Waals surface area (Å²) >= 11 is 8.94. The van der Waals surface area contributed by atoms with Crippen LogP contribution in [0.2, 0.25) is 5.02 Å². The minimum atomic E-state index is -0.704. The lowest BCUT2D eigenvalue weighted by atomic mass is 10.3. The van der Waals surface area contributed by atoms with Crippen molar-refractivity contribution in [2.24, 2.45) is 0 Å². The summed E-state index contributed by atoms with van der Waals surface area (Å²) in [4.78, 5) is 21.7. The average molecular weight is 360 g/mol. The zero-order valence-electron chi connectivity index (χ0n) is 9.92. The van der Waals surface area contributed by atoms with E-state index in [1.54, 1.807) is 18.2 Å². The molecule has 104 valence electrons. The fraction of sp³-hybridized carbons (Fsp3) is 0.0909. The van der Waals surface area contributed by atoms with Crippen molar-refractivity contribution >= 4 is 44.9 Å². The first-order valence-corrected chi connectivity index (χ1v) is 6.56. The van der Waals surface area contributed by atoms with E-state index in [2.05, 4.69) is 26.3 Å². The van der Waals surface area contributed by atoms with Crippen molar-refractivity contribution in [1.82, 2.24) is 9.78 Å². The zero-order chi connectivity index (χ0) is 14.7. The largest absolute Gasteiger partial charge is 0.408 e. The van der Waals surface area contributed by atoms with Crippen LogP contribution in [0.5, 0.6) is 0 Å². The van der Waals surface area contributed by atoms with Crippen molar-refractivity contribution in [3.63, 3.8) is 0 Å². The Labute approximate surface area is 126 Å². The van der Waals surface area contributed by atoms with Crippen LogP contribution in [0.1, 0.15) is 0 Å². The molecule has 2 rings (SSSR count). The number of nitrogens with one attached hydrogen (secondary N) is 1. The van der Waals surface area contributed by atoms with Gasteiger partial charge in [0.1, 0.15) is 6.54 Å². The van der Waals surface area contributed by atoms with E-state index in [-0.39, 0.29) is 17.5 Å². The lowest BCUT2D eigenvalue weighted by Gasteiger charge is -2.05. The summed E-state index contributed by atoms with van der Waals surface area (Å²) in [5.41, 5.74) is 0.602. The number of para-hydroxylation sites is 1. The fourth-order valence-electron chi connectivity index (χ4n) is 1.49. The molecule has 0 aliphatic heterocycles.